The van der Waals surface area contributed by atoms with E-state index < -0.39 is 6.04 Å². The molecule has 0 bridgehead atoms. The Morgan fingerprint density at radius 1 is 1.39 bits per heavy atom. The van der Waals surface area contributed by atoms with Crippen molar-refractivity contribution >= 4 is 17.8 Å². The second kappa shape index (κ2) is 7.36. The molecule has 0 aliphatic carbocycles. The fourth-order valence-electron chi connectivity index (χ4n) is 2.58. The molecule has 2 rings (SSSR count). The number of amides is 2. The predicted octanol–water partition coefficient (Wildman–Crippen LogP) is -0.0252. The first-order chi connectivity index (χ1) is 10.9. The molecule has 2 atom stereocenters. The third-order valence-corrected chi connectivity index (χ3v) is 3.56. The van der Waals surface area contributed by atoms with Gasteiger partial charge in [0.25, 0.3) is 5.91 Å². The van der Waals surface area contributed by atoms with Crippen molar-refractivity contribution in [3.63, 3.8) is 0 Å². The summed E-state index contributed by atoms with van der Waals surface area (Å²) in [6.07, 6.45) is 3.39. The fourth-order valence-corrected chi connectivity index (χ4v) is 2.58. The Morgan fingerprint density at radius 3 is 2.61 bits per heavy atom. The molecule has 1 saturated heterocycles. The normalized spacial score (nSPS) is 20.7. The number of nitrogens with two attached hydrogens (primary N) is 1. The number of rotatable bonds is 5. The molecule has 2 heterocycles. The summed E-state index contributed by atoms with van der Waals surface area (Å²) < 4.78 is 0. The van der Waals surface area contributed by atoms with E-state index in [0.717, 1.165) is 0 Å². The molecule has 1 aliphatic heterocycles. The molecule has 8 heteroatoms. The Kier molecular flexibility index (Phi) is 5.49. The first kappa shape index (κ1) is 17.1. The third kappa shape index (κ3) is 4.16. The molecule has 4 N–H and O–H groups in total. The number of nitrogens with one attached hydrogen (secondary N) is 2. The highest BCUT2D eigenvalue weighted by molar-refractivity contribution is 5.97. The van der Waals surface area contributed by atoms with Crippen LogP contribution in [0.4, 0.5) is 5.95 Å². The van der Waals surface area contributed by atoms with Crippen LogP contribution in [0.5, 0.6) is 0 Å². The molecule has 126 valence electrons. The lowest BCUT2D eigenvalue weighted by atomic mass is 10.1. The second-order valence-corrected chi connectivity index (χ2v) is 5.96. The summed E-state index contributed by atoms with van der Waals surface area (Å²) in [7, 11) is 0. The molecule has 1 aliphatic rings. The molecule has 0 spiro atoms. The molecule has 23 heavy (non-hydrogen) atoms. The van der Waals surface area contributed by atoms with Crippen molar-refractivity contribution in [1.82, 2.24) is 20.2 Å². The molecule has 2 amide bonds. The van der Waals surface area contributed by atoms with Gasteiger partial charge in [0.1, 0.15) is 6.04 Å². The molecule has 0 saturated carbocycles. The molecule has 1 aromatic rings. The van der Waals surface area contributed by atoms with Crippen LogP contribution in [0.3, 0.4) is 0 Å². The van der Waals surface area contributed by atoms with Crippen molar-refractivity contribution in [1.29, 1.82) is 0 Å². The van der Waals surface area contributed by atoms with Crippen LogP contribution in [0.25, 0.3) is 0 Å². The summed E-state index contributed by atoms with van der Waals surface area (Å²) in [5, 5.41) is 5.81. The van der Waals surface area contributed by atoms with Crippen molar-refractivity contribution in [2.45, 2.75) is 45.3 Å². The van der Waals surface area contributed by atoms with Gasteiger partial charge in [0, 0.05) is 37.6 Å². The van der Waals surface area contributed by atoms with E-state index >= 15 is 0 Å². The Balaban J connectivity index is 2.13. The Morgan fingerprint density at radius 2 is 2.04 bits per heavy atom. The van der Waals surface area contributed by atoms with Crippen LogP contribution in [0.15, 0.2) is 12.4 Å². The van der Waals surface area contributed by atoms with Crippen LogP contribution < -0.4 is 16.4 Å². The van der Waals surface area contributed by atoms with Gasteiger partial charge >= 0.3 is 0 Å². The van der Waals surface area contributed by atoms with Gasteiger partial charge in [-0.3, -0.25) is 9.59 Å². The summed E-state index contributed by atoms with van der Waals surface area (Å²) in [4.78, 5) is 34.6. The van der Waals surface area contributed by atoms with Gasteiger partial charge < -0.3 is 21.3 Å². The van der Waals surface area contributed by atoms with Crippen molar-refractivity contribution in [2.24, 2.45) is 5.73 Å². The molecule has 1 aromatic heterocycles. The zero-order chi connectivity index (χ0) is 17.0. The molecular weight excluding hydrogens is 296 g/mol. The maximum atomic E-state index is 12.7. The minimum atomic E-state index is -0.548. The number of carbonyl (C=O) groups excluding carboxylic acids is 2. The Hall–Kier alpha value is -2.22. The van der Waals surface area contributed by atoms with E-state index in [1.54, 1.807) is 0 Å². The van der Waals surface area contributed by atoms with Gasteiger partial charge in [-0.15, -0.1) is 0 Å². The van der Waals surface area contributed by atoms with E-state index in [9.17, 15) is 9.59 Å². The highest BCUT2D eigenvalue weighted by Crippen LogP contribution is 2.20. The first-order valence-electron chi connectivity index (χ1n) is 7.85. The number of anilines is 1. The number of hydrogen-bond donors (Lipinski definition) is 3. The fraction of sp³-hybridized carbons (Fsp3) is 0.600. The highest BCUT2D eigenvalue weighted by atomic mass is 16.2. The van der Waals surface area contributed by atoms with Crippen LogP contribution in [-0.2, 0) is 4.79 Å². The summed E-state index contributed by atoms with van der Waals surface area (Å²) in [5.41, 5.74) is 6.30. The van der Waals surface area contributed by atoms with Gasteiger partial charge in [0.05, 0.1) is 5.56 Å². The Bertz CT molecular complexity index is 560. The average Bonchev–Trinajstić information content (AvgIpc) is 2.89. The number of nitrogens with zero attached hydrogens (tertiary/aromatic N) is 3. The van der Waals surface area contributed by atoms with Crippen molar-refractivity contribution < 1.29 is 9.59 Å². The van der Waals surface area contributed by atoms with Gasteiger partial charge in [-0.05, 0) is 27.2 Å². The maximum absolute atomic E-state index is 12.7. The molecule has 0 aromatic carbocycles. The predicted molar refractivity (Wildman–Crippen MR) is 86.9 cm³/mol. The minimum absolute atomic E-state index is 0.0130. The number of likely N-dealkylation sites (tertiary alicyclic amines) is 1. The maximum Gasteiger partial charge on any atom is 0.257 e. The number of aromatic nitrogens is 2. The minimum Gasteiger partial charge on any atom is -0.355 e. The number of carbonyl (C=O) groups is 2. The molecule has 0 unspecified atom stereocenters. The summed E-state index contributed by atoms with van der Waals surface area (Å²) >= 11 is 0. The SMILES string of the molecule is CCNc1ncc(C(=O)N2C[C@@H](N)C[C@H]2C(=O)NC(C)C)cn1. The second-order valence-electron chi connectivity index (χ2n) is 5.96. The van der Waals surface area contributed by atoms with E-state index in [1.807, 2.05) is 20.8 Å². The zero-order valence-corrected chi connectivity index (χ0v) is 13.7. The van der Waals surface area contributed by atoms with Crippen LogP contribution in [0.1, 0.15) is 37.6 Å². The number of hydrogen-bond acceptors (Lipinski definition) is 6. The summed E-state index contributed by atoms with van der Waals surface area (Å²) in [6.45, 7) is 6.75. The smallest absolute Gasteiger partial charge is 0.257 e. The quantitative estimate of drug-likeness (QED) is 0.702. The third-order valence-electron chi connectivity index (χ3n) is 3.56. The standard InChI is InChI=1S/C15H24N6O2/c1-4-17-15-18-6-10(7-19-15)14(23)21-8-11(16)5-12(21)13(22)20-9(2)3/h6-7,9,11-12H,4-5,8,16H2,1-3H3,(H,20,22)(H,17,18,19)/t11-,12-/m0/s1. The van der Waals surface area contributed by atoms with E-state index in [1.165, 1.54) is 17.3 Å². The van der Waals surface area contributed by atoms with Gasteiger partial charge in [-0.2, -0.15) is 0 Å². The van der Waals surface area contributed by atoms with Crippen LogP contribution >= 0.6 is 0 Å². The van der Waals surface area contributed by atoms with Crippen molar-refractivity contribution in [3.05, 3.63) is 18.0 Å². The first-order valence-corrected chi connectivity index (χ1v) is 7.85. The zero-order valence-electron chi connectivity index (χ0n) is 13.7. The van der Waals surface area contributed by atoms with Crippen LogP contribution in [0, 0.1) is 0 Å². The average molecular weight is 320 g/mol. The summed E-state index contributed by atoms with van der Waals surface area (Å²) in [5.74, 6) is 0.0210. The Labute approximate surface area is 135 Å². The van der Waals surface area contributed by atoms with Crippen LogP contribution in [0.2, 0.25) is 0 Å². The molecular formula is C15H24N6O2. The largest absolute Gasteiger partial charge is 0.355 e. The van der Waals surface area contributed by atoms with Gasteiger partial charge in [-0.1, -0.05) is 0 Å². The van der Waals surface area contributed by atoms with Gasteiger partial charge in [0.15, 0.2) is 0 Å². The van der Waals surface area contributed by atoms with Crippen molar-refractivity contribution in [3.8, 4) is 0 Å². The monoisotopic (exact) mass is 320 g/mol. The van der Waals surface area contributed by atoms with E-state index in [4.69, 9.17) is 5.73 Å². The van der Waals surface area contributed by atoms with E-state index in [2.05, 4.69) is 20.6 Å². The lowest BCUT2D eigenvalue weighted by molar-refractivity contribution is -0.125. The van der Waals surface area contributed by atoms with Gasteiger partial charge in [-0.25, -0.2) is 9.97 Å². The van der Waals surface area contributed by atoms with Gasteiger partial charge in [0.2, 0.25) is 11.9 Å². The van der Waals surface area contributed by atoms with Crippen LogP contribution in [-0.4, -0.2) is 57.9 Å². The van der Waals surface area contributed by atoms with E-state index in [-0.39, 0.29) is 23.9 Å². The molecule has 1 fully saturated rings. The highest BCUT2D eigenvalue weighted by Gasteiger charge is 2.38. The summed E-state index contributed by atoms with van der Waals surface area (Å²) in [6, 6.07) is -0.740. The lowest BCUT2D eigenvalue weighted by Gasteiger charge is -2.24. The molecule has 0 radical (unpaired) electrons. The topological polar surface area (TPSA) is 113 Å². The molecule has 8 nitrogen and oxygen atoms in total. The van der Waals surface area contributed by atoms with E-state index in [0.29, 0.717) is 31.0 Å². The van der Waals surface area contributed by atoms with Crippen molar-refractivity contribution in [2.75, 3.05) is 18.4 Å². The lowest BCUT2D eigenvalue weighted by Crippen LogP contribution is -2.47.